The van der Waals surface area contributed by atoms with Gasteiger partial charge in [-0.15, -0.1) is 11.3 Å². The van der Waals surface area contributed by atoms with Gasteiger partial charge in [0.15, 0.2) is 0 Å². The predicted octanol–water partition coefficient (Wildman–Crippen LogP) is 3.67. The van der Waals surface area contributed by atoms with E-state index < -0.39 is 0 Å². The summed E-state index contributed by atoms with van der Waals surface area (Å²) in [6.45, 7) is 5.87. The van der Waals surface area contributed by atoms with Gasteiger partial charge >= 0.3 is 0 Å². The summed E-state index contributed by atoms with van der Waals surface area (Å²) >= 11 is 1.50. The SMILES string of the molecule is CCc1cc2c(=O)n(CC(=O)NC(c3ccc(F)cc3)C(C)C)cnc2s1. The lowest BCUT2D eigenvalue weighted by molar-refractivity contribution is -0.122. The number of carbonyl (C=O) groups is 1. The van der Waals surface area contributed by atoms with E-state index in [1.54, 1.807) is 12.1 Å². The molecule has 7 heteroatoms. The molecule has 27 heavy (non-hydrogen) atoms. The van der Waals surface area contributed by atoms with Crippen molar-refractivity contribution >= 4 is 27.5 Å². The van der Waals surface area contributed by atoms with E-state index in [-0.39, 0.29) is 35.8 Å². The molecule has 2 heterocycles. The first-order valence-corrected chi connectivity index (χ1v) is 9.73. The smallest absolute Gasteiger partial charge is 0.262 e. The van der Waals surface area contributed by atoms with Crippen LogP contribution >= 0.6 is 11.3 Å². The summed E-state index contributed by atoms with van der Waals surface area (Å²) in [4.78, 5) is 31.3. The van der Waals surface area contributed by atoms with Gasteiger partial charge in [-0.3, -0.25) is 14.2 Å². The Balaban J connectivity index is 1.79. The highest BCUT2D eigenvalue weighted by Gasteiger charge is 2.19. The molecule has 1 atom stereocenters. The van der Waals surface area contributed by atoms with Crippen molar-refractivity contribution in [3.05, 3.63) is 63.3 Å². The van der Waals surface area contributed by atoms with Crippen molar-refractivity contribution in [2.75, 3.05) is 0 Å². The number of nitrogens with zero attached hydrogens (tertiary/aromatic N) is 2. The number of nitrogens with one attached hydrogen (secondary N) is 1. The third-order valence-corrected chi connectivity index (χ3v) is 5.63. The molecule has 0 aliphatic carbocycles. The molecule has 5 nitrogen and oxygen atoms in total. The van der Waals surface area contributed by atoms with Crippen LogP contribution in [-0.2, 0) is 17.8 Å². The number of carbonyl (C=O) groups excluding carboxylic acids is 1. The highest BCUT2D eigenvalue weighted by atomic mass is 32.1. The molecular formula is C20H22FN3O2S. The lowest BCUT2D eigenvalue weighted by Gasteiger charge is -2.23. The Morgan fingerprint density at radius 2 is 2.00 bits per heavy atom. The maximum absolute atomic E-state index is 13.2. The largest absolute Gasteiger partial charge is 0.347 e. The Morgan fingerprint density at radius 1 is 1.30 bits per heavy atom. The molecule has 0 spiro atoms. The summed E-state index contributed by atoms with van der Waals surface area (Å²) in [5.41, 5.74) is 0.611. The summed E-state index contributed by atoms with van der Waals surface area (Å²) in [6, 6.07) is 7.66. The van der Waals surface area contributed by atoms with E-state index in [0.29, 0.717) is 10.2 Å². The van der Waals surface area contributed by atoms with Crippen LogP contribution < -0.4 is 10.9 Å². The Hall–Kier alpha value is -2.54. The number of aromatic nitrogens is 2. The molecule has 1 amide bonds. The zero-order valence-electron chi connectivity index (χ0n) is 15.5. The second-order valence-corrected chi connectivity index (χ2v) is 7.92. The standard InChI is InChI=1S/C20H22FN3O2S/c1-4-15-9-16-19(27-15)22-11-24(20(16)26)10-17(25)23-18(12(2)3)13-5-7-14(21)8-6-13/h5-9,11-12,18H,4,10H2,1-3H3,(H,23,25). The number of aryl methyl sites for hydroxylation is 1. The van der Waals surface area contributed by atoms with E-state index in [1.165, 1.54) is 34.4 Å². The van der Waals surface area contributed by atoms with Crippen LogP contribution in [0.4, 0.5) is 4.39 Å². The summed E-state index contributed by atoms with van der Waals surface area (Å²) in [5.74, 6) is -0.492. The lowest BCUT2D eigenvalue weighted by atomic mass is 9.96. The Bertz CT molecular complexity index is 1010. The van der Waals surface area contributed by atoms with Crippen molar-refractivity contribution in [2.24, 2.45) is 5.92 Å². The molecule has 3 rings (SSSR count). The minimum atomic E-state index is -0.319. The molecule has 0 saturated heterocycles. The molecule has 0 radical (unpaired) electrons. The zero-order chi connectivity index (χ0) is 19.6. The van der Waals surface area contributed by atoms with Crippen LogP contribution in [-0.4, -0.2) is 15.5 Å². The summed E-state index contributed by atoms with van der Waals surface area (Å²) < 4.78 is 14.5. The Labute approximate surface area is 160 Å². The van der Waals surface area contributed by atoms with E-state index in [2.05, 4.69) is 10.3 Å². The second kappa shape index (κ2) is 8.00. The molecule has 1 unspecified atom stereocenters. The van der Waals surface area contributed by atoms with Gasteiger partial charge in [-0.25, -0.2) is 9.37 Å². The van der Waals surface area contributed by atoms with Crippen LogP contribution in [0.3, 0.4) is 0 Å². The summed E-state index contributed by atoms with van der Waals surface area (Å²) in [5, 5.41) is 3.49. The normalized spacial score (nSPS) is 12.5. The number of hydrogen-bond donors (Lipinski definition) is 1. The number of halogens is 1. The Morgan fingerprint density at radius 3 is 2.63 bits per heavy atom. The quantitative estimate of drug-likeness (QED) is 0.702. The third-order valence-electron chi connectivity index (χ3n) is 4.44. The van der Waals surface area contributed by atoms with Gasteiger partial charge in [0.05, 0.1) is 17.8 Å². The highest BCUT2D eigenvalue weighted by molar-refractivity contribution is 7.18. The first kappa shape index (κ1) is 19.2. The van der Waals surface area contributed by atoms with Crippen molar-refractivity contribution in [2.45, 2.75) is 39.8 Å². The molecule has 2 aromatic heterocycles. The highest BCUT2D eigenvalue weighted by Crippen LogP contribution is 2.22. The van der Waals surface area contributed by atoms with E-state index in [1.807, 2.05) is 26.8 Å². The van der Waals surface area contributed by atoms with E-state index in [4.69, 9.17) is 0 Å². The lowest BCUT2D eigenvalue weighted by Crippen LogP contribution is -2.36. The maximum Gasteiger partial charge on any atom is 0.262 e. The average Bonchev–Trinajstić information content (AvgIpc) is 3.07. The van der Waals surface area contributed by atoms with Crippen LogP contribution in [0, 0.1) is 11.7 Å². The molecule has 0 bridgehead atoms. The van der Waals surface area contributed by atoms with Crippen LogP contribution in [0.2, 0.25) is 0 Å². The number of benzene rings is 1. The van der Waals surface area contributed by atoms with Gasteiger partial charge in [0, 0.05) is 4.88 Å². The predicted molar refractivity (Wildman–Crippen MR) is 105 cm³/mol. The van der Waals surface area contributed by atoms with Crippen molar-refractivity contribution in [1.82, 2.24) is 14.9 Å². The van der Waals surface area contributed by atoms with Crippen molar-refractivity contribution < 1.29 is 9.18 Å². The van der Waals surface area contributed by atoms with Crippen molar-refractivity contribution in [3.8, 4) is 0 Å². The average molecular weight is 387 g/mol. The third kappa shape index (κ3) is 4.24. The fourth-order valence-electron chi connectivity index (χ4n) is 2.98. The molecule has 0 aliphatic heterocycles. The second-order valence-electron chi connectivity index (χ2n) is 6.80. The van der Waals surface area contributed by atoms with Crippen LogP contribution in [0.15, 0.2) is 41.5 Å². The van der Waals surface area contributed by atoms with Gasteiger partial charge < -0.3 is 5.32 Å². The summed E-state index contributed by atoms with van der Waals surface area (Å²) in [6.07, 6.45) is 2.26. The van der Waals surface area contributed by atoms with Crippen molar-refractivity contribution in [3.63, 3.8) is 0 Å². The fraction of sp³-hybridized carbons (Fsp3) is 0.350. The molecule has 1 aromatic carbocycles. The molecule has 1 N–H and O–H groups in total. The van der Waals surface area contributed by atoms with Gasteiger partial charge in [-0.2, -0.15) is 0 Å². The number of amides is 1. The molecular weight excluding hydrogens is 365 g/mol. The maximum atomic E-state index is 13.2. The number of rotatable bonds is 6. The van der Waals surface area contributed by atoms with Gasteiger partial charge in [0.2, 0.25) is 5.91 Å². The molecule has 142 valence electrons. The van der Waals surface area contributed by atoms with E-state index >= 15 is 0 Å². The van der Waals surface area contributed by atoms with Crippen LogP contribution in [0.25, 0.3) is 10.2 Å². The van der Waals surface area contributed by atoms with Gasteiger partial charge in [0.1, 0.15) is 17.2 Å². The van der Waals surface area contributed by atoms with Gasteiger partial charge in [0.25, 0.3) is 5.56 Å². The molecule has 3 aromatic rings. The number of hydrogen-bond acceptors (Lipinski definition) is 4. The van der Waals surface area contributed by atoms with Crippen LogP contribution in [0.1, 0.15) is 37.3 Å². The molecule has 0 fully saturated rings. The van der Waals surface area contributed by atoms with E-state index in [9.17, 15) is 14.0 Å². The minimum absolute atomic E-state index is 0.108. The summed E-state index contributed by atoms with van der Waals surface area (Å²) in [7, 11) is 0. The minimum Gasteiger partial charge on any atom is -0.347 e. The number of fused-ring (bicyclic) bond motifs is 1. The fourth-order valence-corrected chi connectivity index (χ4v) is 3.90. The van der Waals surface area contributed by atoms with Crippen molar-refractivity contribution in [1.29, 1.82) is 0 Å². The van der Waals surface area contributed by atoms with Gasteiger partial charge in [-0.1, -0.05) is 32.9 Å². The molecule has 0 saturated carbocycles. The molecule has 0 aliphatic rings. The van der Waals surface area contributed by atoms with Gasteiger partial charge in [-0.05, 0) is 36.1 Å². The van der Waals surface area contributed by atoms with Crippen LogP contribution in [0.5, 0.6) is 0 Å². The zero-order valence-corrected chi connectivity index (χ0v) is 16.3. The monoisotopic (exact) mass is 387 g/mol. The topological polar surface area (TPSA) is 64.0 Å². The van der Waals surface area contributed by atoms with E-state index in [0.717, 1.165) is 16.9 Å². The Kier molecular flexibility index (Phi) is 5.70. The first-order valence-electron chi connectivity index (χ1n) is 8.91. The first-order chi connectivity index (χ1) is 12.9. The number of thiophene rings is 1.